The van der Waals surface area contributed by atoms with Gasteiger partial charge in [-0.15, -0.1) is 0 Å². The SMILES string of the molecule is CC(C)(C)/C(=C\c1cnc2c(c1)CCCC(=O)N2)C(=O)O. The summed E-state index contributed by atoms with van der Waals surface area (Å²) in [5.41, 5.74) is 1.58. The molecule has 0 fully saturated rings. The Hall–Kier alpha value is -2.17. The number of pyridine rings is 1. The smallest absolute Gasteiger partial charge is 0.332 e. The normalized spacial score (nSPS) is 16.0. The number of aliphatic carboxylic acids is 1. The van der Waals surface area contributed by atoms with Gasteiger partial charge in [-0.05, 0) is 41.5 Å². The van der Waals surface area contributed by atoms with Crippen molar-refractivity contribution in [1.29, 1.82) is 0 Å². The van der Waals surface area contributed by atoms with Crippen molar-refractivity contribution in [3.8, 4) is 0 Å². The third-order valence-corrected chi connectivity index (χ3v) is 3.44. The van der Waals surface area contributed by atoms with Crippen LogP contribution in [0.1, 0.15) is 44.7 Å². The maximum absolute atomic E-state index is 11.5. The Balaban J connectivity index is 2.40. The molecule has 2 N–H and O–H groups in total. The molecule has 1 aliphatic rings. The summed E-state index contributed by atoms with van der Waals surface area (Å²) >= 11 is 0. The van der Waals surface area contributed by atoms with E-state index in [0.717, 1.165) is 24.0 Å². The van der Waals surface area contributed by atoms with Crippen molar-refractivity contribution >= 4 is 23.8 Å². The standard InChI is InChI=1S/C16H20N2O3/c1-16(2,3)12(15(20)21)8-10-7-11-5-4-6-13(19)18-14(11)17-9-10/h7-9H,4-6H2,1-3H3,(H,20,21)(H,17,18,19)/b12-8-. The molecule has 2 heterocycles. The largest absolute Gasteiger partial charge is 0.478 e. The van der Waals surface area contributed by atoms with E-state index in [1.165, 1.54) is 0 Å². The number of carbonyl (C=O) groups is 2. The van der Waals surface area contributed by atoms with Gasteiger partial charge in [-0.1, -0.05) is 20.8 Å². The van der Waals surface area contributed by atoms with E-state index < -0.39 is 11.4 Å². The third-order valence-electron chi connectivity index (χ3n) is 3.44. The van der Waals surface area contributed by atoms with Crippen molar-refractivity contribution in [2.24, 2.45) is 5.41 Å². The lowest BCUT2D eigenvalue weighted by Gasteiger charge is -2.19. The molecular weight excluding hydrogens is 268 g/mol. The Labute approximate surface area is 124 Å². The minimum Gasteiger partial charge on any atom is -0.478 e. The number of carboxylic acids is 1. The first-order valence-electron chi connectivity index (χ1n) is 7.01. The number of carbonyl (C=O) groups excluding carboxylic acids is 1. The zero-order valence-corrected chi connectivity index (χ0v) is 12.6. The van der Waals surface area contributed by atoms with Gasteiger partial charge in [0.25, 0.3) is 0 Å². The van der Waals surface area contributed by atoms with Gasteiger partial charge in [0.1, 0.15) is 5.82 Å². The van der Waals surface area contributed by atoms with Gasteiger partial charge in [0, 0.05) is 18.2 Å². The maximum atomic E-state index is 11.5. The lowest BCUT2D eigenvalue weighted by Crippen LogP contribution is -2.17. The number of carboxylic acid groups (broad SMARTS) is 1. The van der Waals surface area contributed by atoms with Crippen molar-refractivity contribution in [2.45, 2.75) is 40.0 Å². The fourth-order valence-corrected chi connectivity index (χ4v) is 2.31. The van der Waals surface area contributed by atoms with Gasteiger partial charge in [0.15, 0.2) is 0 Å². The summed E-state index contributed by atoms with van der Waals surface area (Å²) in [5, 5.41) is 12.1. The zero-order valence-electron chi connectivity index (χ0n) is 12.6. The van der Waals surface area contributed by atoms with Crippen molar-refractivity contribution in [1.82, 2.24) is 4.98 Å². The Morgan fingerprint density at radius 3 is 2.71 bits per heavy atom. The highest BCUT2D eigenvalue weighted by Gasteiger charge is 2.23. The molecule has 0 unspecified atom stereocenters. The molecule has 1 aliphatic heterocycles. The average Bonchev–Trinajstić information content (AvgIpc) is 2.54. The van der Waals surface area contributed by atoms with Gasteiger partial charge in [-0.2, -0.15) is 0 Å². The molecule has 0 bridgehead atoms. The molecule has 112 valence electrons. The van der Waals surface area contributed by atoms with E-state index in [-0.39, 0.29) is 5.91 Å². The number of fused-ring (bicyclic) bond motifs is 1. The number of rotatable bonds is 2. The predicted octanol–water partition coefficient (Wildman–Crippen LogP) is 2.87. The van der Waals surface area contributed by atoms with Crippen LogP contribution in [0.3, 0.4) is 0 Å². The Morgan fingerprint density at radius 2 is 2.10 bits per heavy atom. The molecule has 2 rings (SSSR count). The van der Waals surface area contributed by atoms with E-state index in [2.05, 4.69) is 10.3 Å². The molecule has 0 aromatic carbocycles. The van der Waals surface area contributed by atoms with E-state index in [1.54, 1.807) is 12.3 Å². The fourth-order valence-electron chi connectivity index (χ4n) is 2.31. The molecule has 0 saturated carbocycles. The van der Waals surface area contributed by atoms with Crippen molar-refractivity contribution in [3.05, 3.63) is 29.0 Å². The average molecular weight is 288 g/mol. The van der Waals surface area contributed by atoms with E-state index in [9.17, 15) is 14.7 Å². The molecule has 0 aliphatic carbocycles. The van der Waals surface area contributed by atoms with E-state index in [1.807, 2.05) is 26.8 Å². The molecule has 0 radical (unpaired) electrons. The van der Waals surface area contributed by atoms with Gasteiger partial charge >= 0.3 is 5.97 Å². The first kappa shape index (κ1) is 15.2. The minimum atomic E-state index is -0.925. The minimum absolute atomic E-state index is 0.0227. The first-order valence-corrected chi connectivity index (χ1v) is 7.01. The molecule has 21 heavy (non-hydrogen) atoms. The van der Waals surface area contributed by atoms with Crippen molar-refractivity contribution in [2.75, 3.05) is 5.32 Å². The number of anilines is 1. The molecule has 0 atom stereocenters. The van der Waals surface area contributed by atoms with Crippen LogP contribution < -0.4 is 5.32 Å². The highest BCUT2D eigenvalue weighted by Crippen LogP contribution is 2.28. The second-order valence-corrected chi connectivity index (χ2v) is 6.29. The monoisotopic (exact) mass is 288 g/mol. The topological polar surface area (TPSA) is 79.3 Å². The number of aryl methyl sites for hydroxylation is 1. The maximum Gasteiger partial charge on any atom is 0.332 e. The fraction of sp³-hybridized carbons (Fsp3) is 0.438. The number of amides is 1. The van der Waals surface area contributed by atoms with Crippen LogP contribution in [0.5, 0.6) is 0 Å². The Kier molecular flexibility index (Phi) is 4.11. The highest BCUT2D eigenvalue weighted by atomic mass is 16.4. The third kappa shape index (κ3) is 3.68. The van der Waals surface area contributed by atoms with Crippen LogP contribution in [0.25, 0.3) is 6.08 Å². The summed E-state index contributed by atoms with van der Waals surface area (Å²) in [7, 11) is 0. The predicted molar refractivity (Wildman–Crippen MR) is 80.9 cm³/mol. The summed E-state index contributed by atoms with van der Waals surface area (Å²) in [6.45, 7) is 5.60. The Bertz CT molecular complexity index is 612. The van der Waals surface area contributed by atoms with Crippen LogP contribution in [0.4, 0.5) is 5.82 Å². The number of hydrogen-bond donors (Lipinski definition) is 2. The summed E-state index contributed by atoms with van der Waals surface area (Å²) in [6.07, 6.45) is 5.28. The quantitative estimate of drug-likeness (QED) is 0.820. The number of hydrogen-bond acceptors (Lipinski definition) is 3. The van der Waals surface area contributed by atoms with Crippen molar-refractivity contribution in [3.63, 3.8) is 0 Å². The lowest BCUT2D eigenvalue weighted by molar-refractivity contribution is -0.133. The molecule has 5 nitrogen and oxygen atoms in total. The lowest BCUT2D eigenvalue weighted by atomic mass is 9.85. The molecule has 5 heteroatoms. The molecule has 0 saturated heterocycles. The van der Waals surface area contributed by atoms with Crippen LogP contribution in [-0.4, -0.2) is 22.0 Å². The van der Waals surface area contributed by atoms with E-state index in [0.29, 0.717) is 17.8 Å². The molecule has 0 spiro atoms. The van der Waals surface area contributed by atoms with Crippen LogP contribution >= 0.6 is 0 Å². The molecule has 1 amide bonds. The number of nitrogens with one attached hydrogen (secondary N) is 1. The van der Waals surface area contributed by atoms with Gasteiger partial charge in [0.05, 0.1) is 0 Å². The molecule has 1 aromatic rings. The Morgan fingerprint density at radius 1 is 1.38 bits per heavy atom. The van der Waals surface area contributed by atoms with Crippen LogP contribution in [-0.2, 0) is 16.0 Å². The van der Waals surface area contributed by atoms with Crippen LogP contribution in [0.2, 0.25) is 0 Å². The van der Waals surface area contributed by atoms with E-state index in [4.69, 9.17) is 0 Å². The summed E-state index contributed by atoms with van der Waals surface area (Å²) in [6, 6.07) is 1.91. The van der Waals surface area contributed by atoms with Gasteiger partial charge in [-0.3, -0.25) is 4.79 Å². The van der Waals surface area contributed by atoms with Gasteiger partial charge < -0.3 is 10.4 Å². The number of nitrogens with zero attached hydrogens (tertiary/aromatic N) is 1. The summed E-state index contributed by atoms with van der Waals surface area (Å²) in [5.74, 6) is -0.363. The number of aromatic nitrogens is 1. The highest BCUT2D eigenvalue weighted by molar-refractivity contribution is 5.94. The summed E-state index contributed by atoms with van der Waals surface area (Å²) < 4.78 is 0. The summed E-state index contributed by atoms with van der Waals surface area (Å²) in [4.78, 5) is 27.1. The zero-order chi connectivity index (χ0) is 15.6. The van der Waals surface area contributed by atoms with Crippen LogP contribution in [0.15, 0.2) is 17.8 Å². The molecular formula is C16H20N2O3. The van der Waals surface area contributed by atoms with Gasteiger partial charge in [0.2, 0.25) is 5.91 Å². The van der Waals surface area contributed by atoms with E-state index >= 15 is 0 Å². The van der Waals surface area contributed by atoms with Crippen molar-refractivity contribution < 1.29 is 14.7 Å². The first-order chi connectivity index (χ1) is 9.77. The van der Waals surface area contributed by atoms with Crippen LogP contribution in [0, 0.1) is 5.41 Å². The second-order valence-electron chi connectivity index (χ2n) is 6.29. The molecule has 1 aromatic heterocycles. The second kappa shape index (κ2) is 5.68. The van der Waals surface area contributed by atoms with Gasteiger partial charge in [-0.25, -0.2) is 9.78 Å².